The molecule has 0 saturated carbocycles. The van der Waals surface area contributed by atoms with Crippen molar-refractivity contribution in [2.75, 3.05) is 6.61 Å². The Morgan fingerprint density at radius 3 is 2.95 bits per heavy atom. The summed E-state index contributed by atoms with van der Waals surface area (Å²) in [5.41, 5.74) is -0.763. The maximum Gasteiger partial charge on any atom is 0.322 e. The van der Waals surface area contributed by atoms with Gasteiger partial charge in [-0.3, -0.25) is 4.79 Å². The predicted octanol–water partition coefficient (Wildman–Crippen LogP) is 2.96. The van der Waals surface area contributed by atoms with Crippen molar-refractivity contribution in [2.24, 2.45) is 5.41 Å². The summed E-state index contributed by atoms with van der Waals surface area (Å²) in [6.45, 7) is 7.27. The number of hydrogen-bond acceptors (Lipinski definition) is 4. The van der Waals surface area contributed by atoms with Crippen LogP contribution >= 0.6 is 15.9 Å². The van der Waals surface area contributed by atoms with Crippen LogP contribution in [0.3, 0.4) is 0 Å². The molecule has 102 valence electrons. The van der Waals surface area contributed by atoms with Gasteiger partial charge >= 0.3 is 5.97 Å². The number of halogens is 1. The van der Waals surface area contributed by atoms with Gasteiger partial charge < -0.3 is 14.6 Å². The standard InChI is InChI=1S/C14H15BrO4/c1-4-18-13(17)14(3)8(2)19-11-6-5-9(15)7-10(11)12(14)16/h5-7,12,16H,2,4H2,1,3H3. The van der Waals surface area contributed by atoms with Gasteiger partial charge in [0.15, 0.2) is 5.41 Å². The van der Waals surface area contributed by atoms with Crippen molar-refractivity contribution >= 4 is 21.9 Å². The molecule has 1 aromatic rings. The molecule has 2 atom stereocenters. The first-order valence-corrected chi connectivity index (χ1v) is 6.72. The van der Waals surface area contributed by atoms with Crippen LogP contribution < -0.4 is 4.74 Å². The summed E-state index contributed by atoms with van der Waals surface area (Å²) in [4.78, 5) is 12.1. The summed E-state index contributed by atoms with van der Waals surface area (Å²) in [5, 5.41) is 10.5. The lowest BCUT2D eigenvalue weighted by atomic mass is 9.77. The van der Waals surface area contributed by atoms with Crippen LogP contribution in [-0.2, 0) is 9.53 Å². The van der Waals surface area contributed by atoms with E-state index in [1.807, 2.05) is 0 Å². The number of aliphatic hydroxyl groups excluding tert-OH is 1. The normalized spacial score (nSPS) is 25.5. The highest BCUT2D eigenvalue weighted by Crippen LogP contribution is 2.49. The maximum absolute atomic E-state index is 12.1. The first-order chi connectivity index (χ1) is 8.91. The number of aliphatic hydroxyl groups is 1. The van der Waals surface area contributed by atoms with Gasteiger partial charge in [0, 0.05) is 10.0 Å². The van der Waals surface area contributed by atoms with E-state index >= 15 is 0 Å². The average Bonchev–Trinajstić information content (AvgIpc) is 2.37. The van der Waals surface area contributed by atoms with E-state index in [1.165, 1.54) is 0 Å². The minimum atomic E-state index is -1.30. The summed E-state index contributed by atoms with van der Waals surface area (Å²) in [5.74, 6) is 0.147. The fourth-order valence-electron chi connectivity index (χ4n) is 2.03. The van der Waals surface area contributed by atoms with E-state index in [-0.39, 0.29) is 12.4 Å². The topological polar surface area (TPSA) is 55.8 Å². The molecule has 19 heavy (non-hydrogen) atoms. The van der Waals surface area contributed by atoms with Gasteiger partial charge in [-0.2, -0.15) is 0 Å². The third-order valence-electron chi connectivity index (χ3n) is 3.33. The molecule has 1 aromatic carbocycles. The molecule has 0 aromatic heterocycles. The second kappa shape index (κ2) is 4.98. The molecular formula is C14H15BrO4. The lowest BCUT2D eigenvalue weighted by Crippen LogP contribution is -2.42. The Hall–Kier alpha value is -1.33. The number of benzene rings is 1. The molecule has 1 aliphatic heterocycles. The predicted molar refractivity (Wildman–Crippen MR) is 73.6 cm³/mol. The van der Waals surface area contributed by atoms with Crippen LogP contribution in [0, 0.1) is 5.41 Å². The molecular weight excluding hydrogens is 312 g/mol. The zero-order valence-electron chi connectivity index (χ0n) is 10.8. The highest BCUT2D eigenvalue weighted by Gasteiger charge is 2.50. The summed E-state index contributed by atoms with van der Waals surface area (Å²) < 4.78 is 11.4. The lowest BCUT2D eigenvalue weighted by Gasteiger charge is -2.38. The summed E-state index contributed by atoms with van der Waals surface area (Å²) in [6, 6.07) is 5.24. The van der Waals surface area contributed by atoms with E-state index in [1.54, 1.807) is 32.0 Å². The molecule has 2 unspecified atom stereocenters. The second-order valence-corrected chi connectivity index (χ2v) is 5.45. The number of fused-ring (bicyclic) bond motifs is 1. The van der Waals surface area contributed by atoms with Crippen LogP contribution in [0.1, 0.15) is 25.5 Å². The molecule has 5 heteroatoms. The molecule has 0 radical (unpaired) electrons. The van der Waals surface area contributed by atoms with E-state index in [9.17, 15) is 9.90 Å². The maximum atomic E-state index is 12.1. The first kappa shape index (κ1) is 14.1. The molecule has 1 heterocycles. The van der Waals surface area contributed by atoms with Crippen LogP contribution in [-0.4, -0.2) is 17.7 Å². The van der Waals surface area contributed by atoms with Crippen molar-refractivity contribution < 1.29 is 19.4 Å². The third kappa shape index (κ3) is 2.17. The molecule has 0 fully saturated rings. The van der Waals surface area contributed by atoms with Crippen molar-refractivity contribution in [3.8, 4) is 5.75 Å². The number of carbonyl (C=O) groups is 1. The van der Waals surface area contributed by atoms with Crippen molar-refractivity contribution in [3.05, 3.63) is 40.6 Å². The highest BCUT2D eigenvalue weighted by molar-refractivity contribution is 9.10. The molecule has 1 aliphatic rings. The van der Waals surface area contributed by atoms with Crippen molar-refractivity contribution in [2.45, 2.75) is 20.0 Å². The lowest BCUT2D eigenvalue weighted by molar-refractivity contribution is -0.161. The number of esters is 1. The molecule has 0 spiro atoms. The average molecular weight is 327 g/mol. The minimum Gasteiger partial charge on any atom is -0.465 e. The summed E-state index contributed by atoms with van der Waals surface area (Å²) >= 11 is 3.33. The summed E-state index contributed by atoms with van der Waals surface area (Å²) in [6.07, 6.45) is -1.06. The number of rotatable bonds is 2. The molecule has 0 saturated heterocycles. The molecule has 1 N–H and O–H groups in total. The number of hydrogen-bond donors (Lipinski definition) is 1. The van der Waals surface area contributed by atoms with Gasteiger partial charge in [-0.15, -0.1) is 0 Å². The SMILES string of the molecule is C=C1Oc2ccc(Br)cc2C(O)C1(C)C(=O)OCC. The Bertz CT molecular complexity index is 540. The smallest absolute Gasteiger partial charge is 0.322 e. The fourth-order valence-corrected chi connectivity index (χ4v) is 2.41. The zero-order chi connectivity index (χ0) is 14.2. The van der Waals surface area contributed by atoms with Crippen molar-refractivity contribution in [3.63, 3.8) is 0 Å². The Balaban J connectivity index is 2.49. The fraction of sp³-hybridized carbons (Fsp3) is 0.357. The quantitative estimate of drug-likeness (QED) is 0.849. The molecule has 0 aliphatic carbocycles. The van der Waals surface area contributed by atoms with Gasteiger partial charge in [-0.05, 0) is 32.0 Å². The molecule has 2 rings (SSSR count). The highest BCUT2D eigenvalue weighted by atomic mass is 79.9. The monoisotopic (exact) mass is 326 g/mol. The van der Waals surface area contributed by atoms with Crippen molar-refractivity contribution in [1.29, 1.82) is 0 Å². The molecule has 0 amide bonds. The van der Waals surface area contributed by atoms with Crippen molar-refractivity contribution in [1.82, 2.24) is 0 Å². The number of ether oxygens (including phenoxy) is 2. The van der Waals surface area contributed by atoms with Gasteiger partial charge in [0.25, 0.3) is 0 Å². The molecule has 4 nitrogen and oxygen atoms in total. The van der Waals surface area contributed by atoms with Gasteiger partial charge in [-0.1, -0.05) is 22.5 Å². The Kier molecular flexibility index (Phi) is 3.69. The van der Waals surface area contributed by atoms with E-state index in [0.29, 0.717) is 11.3 Å². The van der Waals surface area contributed by atoms with Gasteiger partial charge in [0.05, 0.1) is 6.61 Å². The third-order valence-corrected chi connectivity index (χ3v) is 3.82. The Morgan fingerprint density at radius 2 is 2.32 bits per heavy atom. The minimum absolute atomic E-state index is 0.188. The van der Waals surface area contributed by atoms with Crippen LogP contribution in [0.5, 0.6) is 5.75 Å². The zero-order valence-corrected chi connectivity index (χ0v) is 12.4. The van der Waals surface area contributed by atoms with Gasteiger partial charge in [-0.25, -0.2) is 0 Å². The van der Waals surface area contributed by atoms with Gasteiger partial charge in [0.2, 0.25) is 0 Å². The van der Waals surface area contributed by atoms with E-state index in [2.05, 4.69) is 22.5 Å². The summed E-state index contributed by atoms with van der Waals surface area (Å²) in [7, 11) is 0. The van der Waals surface area contributed by atoms with E-state index in [0.717, 1.165) is 4.47 Å². The Labute approximate surface area is 120 Å². The Morgan fingerprint density at radius 1 is 1.63 bits per heavy atom. The van der Waals surface area contributed by atoms with Crippen LogP contribution in [0.25, 0.3) is 0 Å². The largest absolute Gasteiger partial charge is 0.465 e. The second-order valence-electron chi connectivity index (χ2n) is 4.53. The molecule has 0 bridgehead atoms. The van der Waals surface area contributed by atoms with Crippen LogP contribution in [0.2, 0.25) is 0 Å². The van der Waals surface area contributed by atoms with E-state index < -0.39 is 17.5 Å². The van der Waals surface area contributed by atoms with Gasteiger partial charge in [0.1, 0.15) is 17.6 Å². The number of carbonyl (C=O) groups excluding carboxylic acids is 1. The van der Waals surface area contributed by atoms with E-state index in [4.69, 9.17) is 9.47 Å². The van der Waals surface area contributed by atoms with Crippen LogP contribution in [0.4, 0.5) is 0 Å². The van der Waals surface area contributed by atoms with Crippen LogP contribution in [0.15, 0.2) is 35.0 Å². The first-order valence-electron chi connectivity index (χ1n) is 5.93.